The third-order valence-electron chi connectivity index (χ3n) is 3.06. The fraction of sp³-hybridized carbons (Fsp3) is 0.538. The van der Waals surface area contributed by atoms with Crippen molar-refractivity contribution in [2.75, 3.05) is 32.0 Å². The molecule has 2 rings (SSSR count). The molecule has 17 heavy (non-hydrogen) atoms. The maximum absolute atomic E-state index is 9.55. The summed E-state index contributed by atoms with van der Waals surface area (Å²) in [6, 6.07) is 4.88. The summed E-state index contributed by atoms with van der Waals surface area (Å²) in [4.78, 5) is 2.45. The third-order valence-corrected chi connectivity index (χ3v) is 3.06. The van der Waals surface area contributed by atoms with Crippen LogP contribution in [0.1, 0.15) is 19.3 Å². The van der Waals surface area contributed by atoms with Gasteiger partial charge in [0.25, 0.3) is 0 Å². The zero-order chi connectivity index (χ0) is 12.1. The molecule has 0 aromatic heterocycles. The Bertz CT molecular complexity index is 362. The Morgan fingerprint density at radius 3 is 2.82 bits per heavy atom. The summed E-state index contributed by atoms with van der Waals surface area (Å²) < 4.78 is 5.52. The first-order valence-electron chi connectivity index (χ1n) is 6.19. The van der Waals surface area contributed by atoms with E-state index in [0.717, 1.165) is 13.0 Å². The average Bonchev–Trinajstić information content (AvgIpc) is 2.82. The van der Waals surface area contributed by atoms with Crippen LogP contribution in [0.25, 0.3) is 0 Å². The number of likely N-dealkylation sites (tertiary alicyclic amines) is 1. The summed E-state index contributed by atoms with van der Waals surface area (Å²) in [6.07, 6.45) is 3.61. The van der Waals surface area contributed by atoms with E-state index in [0.29, 0.717) is 18.0 Å². The molecule has 0 atom stereocenters. The van der Waals surface area contributed by atoms with E-state index in [2.05, 4.69) is 4.90 Å². The molecule has 0 unspecified atom stereocenters. The topological polar surface area (TPSA) is 58.7 Å². The molecule has 4 heteroatoms. The average molecular weight is 236 g/mol. The summed E-state index contributed by atoms with van der Waals surface area (Å²) in [5, 5.41) is 9.55. The van der Waals surface area contributed by atoms with Gasteiger partial charge in [0.05, 0.1) is 6.61 Å². The monoisotopic (exact) mass is 236 g/mol. The second-order valence-corrected chi connectivity index (χ2v) is 4.48. The Kier molecular flexibility index (Phi) is 4.09. The van der Waals surface area contributed by atoms with E-state index in [9.17, 15) is 5.11 Å². The summed E-state index contributed by atoms with van der Waals surface area (Å²) >= 11 is 0. The number of benzene rings is 1. The number of nitrogens with zero attached hydrogens (tertiary/aromatic N) is 1. The highest BCUT2D eigenvalue weighted by atomic mass is 16.5. The van der Waals surface area contributed by atoms with Crippen molar-refractivity contribution in [1.82, 2.24) is 4.90 Å². The molecule has 1 heterocycles. The van der Waals surface area contributed by atoms with Gasteiger partial charge < -0.3 is 20.5 Å². The van der Waals surface area contributed by atoms with Crippen molar-refractivity contribution in [3.8, 4) is 11.5 Å². The van der Waals surface area contributed by atoms with Crippen LogP contribution < -0.4 is 10.5 Å². The molecule has 3 N–H and O–H groups in total. The number of phenolic OH excluding ortho intramolecular Hbond substituents is 1. The quantitative estimate of drug-likeness (QED) is 0.465. The number of nitrogen functional groups attached to an aromatic ring is 1. The number of aromatic hydroxyl groups is 1. The maximum atomic E-state index is 9.55. The van der Waals surface area contributed by atoms with Crippen LogP contribution in [0.2, 0.25) is 0 Å². The van der Waals surface area contributed by atoms with Crippen molar-refractivity contribution < 1.29 is 9.84 Å². The maximum Gasteiger partial charge on any atom is 0.162 e. The van der Waals surface area contributed by atoms with Crippen LogP contribution in [0.5, 0.6) is 11.5 Å². The van der Waals surface area contributed by atoms with Crippen molar-refractivity contribution in [2.45, 2.75) is 19.3 Å². The molecule has 0 aliphatic carbocycles. The lowest BCUT2D eigenvalue weighted by atomic mass is 10.3. The van der Waals surface area contributed by atoms with Crippen LogP contribution in [0.15, 0.2) is 18.2 Å². The van der Waals surface area contributed by atoms with E-state index in [4.69, 9.17) is 10.5 Å². The summed E-state index contributed by atoms with van der Waals surface area (Å²) in [6.45, 7) is 4.11. The van der Waals surface area contributed by atoms with Gasteiger partial charge in [-0.05, 0) is 44.5 Å². The Labute approximate surface area is 102 Å². The van der Waals surface area contributed by atoms with Gasteiger partial charge in [-0.15, -0.1) is 0 Å². The standard InChI is InChI=1S/C13H20N2O2/c14-11-4-5-12(16)13(10-11)17-9-3-8-15-6-1-2-7-15/h4-5,10,16H,1-3,6-9,14H2. The predicted molar refractivity (Wildman–Crippen MR) is 68.3 cm³/mol. The minimum absolute atomic E-state index is 0.153. The molecular formula is C13H20N2O2. The Balaban J connectivity index is 1.72. The minimum atomic E-state index is 0.153. The summed E-state index contributed by atoms with van der Waals surface area (Å²) in [5.74, 6) is 0.631. The summed E-state index contributed by atoms with van der Waals surface area (Å²) in [7, 11) is 0. The van der Waals surface area contributed by atoms with Gasteiger partial charge >= 0.3 is 0 Å². The smallest absolute Gasteiger partial charge is 0.162 e. The van der Waals surface area contributed by atoms with Gasteiger partial charge in [0.15, 0.2) is 11.5 Å². The molecule has 1 saturated heterocycles. The van der Waals surface area contributed by atoms with Crippen LogP contribution in [0.4, 0.5) is 5.69 Å². The Hall–Kier alpha value is -1.42. The molecular weight excluding hydrogens is 216 g/mol. The van der Waals surface area contributed by atoms with Gasteiger partial charge in [-0.3, -0.25) is 0 Å². The van der Waals surface area contributed by atoms with Crippen molar-refractivity contribution >= 4 is 5.69 Å². The highest BCUT2D eigenvalue weighted by Crippen LogP contribution is 2.27. The lowest BCUT2D eigenvalue weighted by molar-refractivity contribution is 0.256. The van der Waals surface area contributed by atoms with E-state index in [1.54, 1.807) is 18.2 Å². The Morgan fingerprint density at radius 1 is 1.29 bits per heavy atom. The number of ether oxygens (including phenoxy) is 1. The molecule has 0 saturated carbocycles. The van der Waals surface area contributed by atoms with Gasteiger partial charge in [-0.1, -0.05) is 0 Å². The molecule has 1 aromatic carbocycles. The molecule has 94 valence electrons. The molecule has 4 nitrogen and oxygen atoms in total. The number of hydrogen-bond donors (Lipinski definition) is 2. The largest absolute Gasteiger partial charge is 0.504 e. The van der Waals surface area contributed by atoms with Crippen molar-refractivity contribution in [2.24, 2.45) is 0 Å². The zero-order valence-electron chi connectivity index (χ0n) is 10.1. The van der Waals surface area contributed by atoms with Crippen LogP contribution in [0, 0.1) is 0 Å². The van der Waals surface area contributed by atoms with Crippen molar-refractivity contribution in [3.63, 3.8) is 0 Å². The second-order valence-electron chi connectivity index (χ2n) is 4.48. The molecule has 1 fully saturated rings. The molecule has 1 aromatic rings. The highest BCUT2D eigenvalue weighted by Gasteiger charge is 2.10. The third kappa shape index (κ3) is 3.53. The molecule has 0 spiro atoms. The van der Waals surface area contributed by atoms with Gasteiger partial charge in [-0.25, -0.2) is 0 Å². The normalized spacial score (nSPS) is 16.2. The lowest BCUT2D eigenvalue weighted by Crippen LogP contribution is -2.21. The van der Waals surface area contributed by atoms with Crippen molar-refractivity contribution in [3.05, 3.63) is 18.2 Å². The first kappa shape index (κ1) is 12.0. The lowest BCUT2D eigenvalue weighted by Gasteiger charge is -2.14. The number of nitrogens with two attached hydrogens (primary N) is 1. The van der Waals surface area contributed by atoms with E-state index < -0.39 is 0 Å². The van der Waals surface area contributed by atoms with Gasteiger partial charge in [0.2, 0.25) is 0 Å². The SMILES string of the molecule is Nc1ccc(O)c(OCCCN2CCCC2)c1. The second kappa shape index (κ2) is 5.77. The highest BCUT2D eigenvalue weighted by molar-refractivity contribution is 5.51. The first-order valence-corrected chi connectivity index (χ1v) is 6.19. The van der Waals surface area contributed by atoms with E-state index in [-0.39, 0.29) is 5.75 Å². The molecule has 0 radical (unpaired) electrons. The first-order chi connectivity index (χ1) is 8.25. The van der Waals surface area contributed by atoms with Crippen LogP contribution in [-0.4, -0.2) is 36.2 Å². The van der Waals surface area contributed by atoms with Gasteiger partial charge in [-0.2, -0.15) is 0 Å². The fourth-order valence-electron chi connectivity index (χ4n) is 2.12. The molecule has 0 amide bonds. The number of anilines is 1. The Morgan fingerprint density at radius 2 is 2.06 bits per heavy atom. The molecule has 1 aliphatic rings. The van der Waals surface area contributed by atoms with Crippen LogP contribution in [-0.2, 0) is 0 Å². The zero-order valence-corrected chi connectivity index (χ0v) is 10.1. The van der Waals surface area contributed by atoms with Gasteiger partial charge in [0.1, 0.15) is 0 Å². The number of phenols is 1. The summed E-state index contributed by atoms with van der Waals surface area (Å²) in [5.41, 5.74) is 6.24. The minimum Gasteiger partial charge on any atom is -0.504 e. The van der Waals surface area contributed by atoms with Crippen LogP contribution in [0.3, 0.4) is 0 Å². The van der Waals surface area contributed by atoms with Crippen LogP contribution >= 0.6 is 0 Å². The molecule has 1 aliphatic heterocycles. The molecule has 0 bridgehead atoms. The van der Waals surface area contributed by atoms with Crippen molar-refractivity contribution in [1.29, 1.82) is 0 Å². The van der Waals surface area contributed by atoms with E-state index >= 15 is 0 Å². The number of rotatable bonds is 5. The van der Waals surface area contributed by atoms with Gasteiger partial charge in [0, 0.05) is 18.3 Å². The predicted octanol–water partition coefficient (Wildman–Crippen LogP) is 1.84. The van der Waals surface area contributed by atoms with E-state index in [1.165, 1.54) is 25.9 Å². The van der Waals surface area contributed by atoms with E-state index in [1.807, 2.05) is 0 Å². The number of hydrogen-bond acceptors (Lipinski definition) is 4. The fourth-order valence-corrected chi connectivity index (χ4v) is 2.12.